The maximum Gasteiger partial charge on any atom is 0.339 e. The number of nitrogens with zero attached hydrogens (tertiary/aromatic N) is 4. The fourth-order valence-corrected chi connectivity index (χ4v) is 5.82. The quantitative estimate of drug-likeness (QED) is 0.132. The average Bonchev–Trinajstić information content (AvgIpc) is 3.72. The Morgan fingerprint density at radius 3 is 1.78 bits per heavy atom. The fourth-order valence-electron chi connectivity index (χ4n) is 4.87. The van der Waals surface area contributed by atoms with Gasteiger partial charge in [0, 0.05) is 16.7 Å². The standard InChI is InChI=1S/C36H24N4O5S/c41-36-32(24-25-16-22-30(23-17-25)45-46(42,43)31-14-8-3-9-15-31)37-33(26-10-4-1-5-11-26)40(36)29-20-18-28(19-21-29)35-39-38-34(44-35)27-12-6-2-7-13-27/h1-24H/b32-24-. The van der Waals surface area contributed by atoms with Crippen molar-refractivity contribution in [2.75, 3.05) is 4.90 Å². The van der Waals surface area contributed by atoms with Crippen molar-refractivity contribution in [3.05, 3.63) is 156 Å². The topological polar surface area (TPSA) is 115 Å². The van der Waals surface area contributed by atoms with E-state index in [0.717, 1.165) is 11.1 Å². The minimum atomic E-state index is -3.98. The summed E-state index contributed by atoms with van der Waals surface area (Å²) >= 11 is 0. The molecule has 10 heteroatoms. The molecule has 1 aromatic heterocycles. The molecule has 0 saturated heterocycles. The molecule has 0 atom stereocenters. The van der Waals surface area contributed by atoms with Gasteiger partial charge in [0.25, 0.3) is 5.91 Å². The van der Waals surface area contributed by atoms with Crippen LogP contribution in [0.4, 0.5) is 5.69 Å². The number of carbonyl (C=O) groups is 1. The van der Waals surface area contributed by atoms with Crippen molar-refractivity contribution in [2.45, 2.75) is 4.90 Å². The minimum absolute atomic E-state index is 0.0580. The van der Waals surface area contributed by atoms with Crippen LogP contribution in [0.5, 0.6) is 5.75 Å². The second-order valence-electron chi connectivity index (χ2n) is 10.2. The third-order valence-electron chi connectivity index (χ3n) is 7.13. The van der Waals surface area contributed by atoms with Gasteiger partial charge in [-0.3, -0.25) is 9.69 Å². The first-order valence-electron chi connectivity index (χ1n) is 14.2. The number of hydrogen-bond donors (Lipinski definition) is 0. The summed E-state index contributed by atoms with van der Waals surface area (Å²) < 4.78 is 36.4. The molecule has 5 aromatic carbocycles. The van der Waals surface area contributed by atoms with Crippen molar-refractivity contribution in [3.63, 3.8) is 0 Å². The van der Waals surface area contributed by atoms with E-state index in [1.807, 2.05) is 72.8 Å². The first-order valence-corrected chi connectivity index (χ1v) is 15.6. The number of carbonyl (C=O) groups excluding carboxylic acids is 1. The zero-order valence-electron chi connectivity index (χ0n) is 24.1. The molecule has 0 saturated carbocycles. The van der Waals surface area contributed by atoms with E-state index >= 15 is 0 Å². The highest BCUT2D eigenvalue weighted by molar-refractivity contribution is 7.87. The SMILES string of the molecule is O=C1/C(=C/c2ccc(OS(=O)(=O)c3ccccc3)cc2)N=C(c2ccccc2)N1c1ccc(-c2nnc(-c3ccccc3)o2)cc1. The van der Waals surface area contributed by atoms with Crippen molar-refractivity contribution in [1.29, 1.82) is 0 Å². The van der Waals surface area contributed by atoms with Crippen LogP contribution < -0.4 is 9.08 Å². The summed E-state index contributed by atoms with van der Waals surface area (Å²) in [4.78, 5) is 20.1. The highest BCUT2D eigenvalue weighted by Gasteiger charge is 2.32. The Bertz CT molecular complexity index is 2180. The lowest BCUT2D eigenvalue weighted by Crippen LogP contribution is -2.32. The van der Waals surface area contributed by atoms with Gasteiger partial charge in [0.15, 0.2) is 0 Å². The monoisotopic (exact) mass is 624 g/mol. The first-order chi connectivity index (χ1) is 22.4. The Morgan fingerprint density at radius 2 is 1.17 bits per heavy atom. The van der Waals surface area contributed by atoms with Gasteiger partial charge in [0.05, 0.1) is 5.69 Å². The Kier molecular flexibility index (Phi) is 7.53. The fraction of sp³-hybridized carbons (Fsp3) is 0. The number of aliphatic imine (C=N–C) groups is 1. The Morgan fingerprint density at radius 1 is 0.630 bits per heavy atom. The predicted molar refractivity (Wildman–Crippen MR) is 174 cm³/mol. The number of hydrogen-bond acceptors (Lipinski definition) is 8. The van der Waals surface area contributed by atoms with Gasteiger partial charge in [-0.2, -0.15) is 8.42 Å². The van der Waals surface area contributed by atoms with Crippen LogP contribution in [-0.4, -0.2) is 30.4 Å². The molecule has 0 radical (unpaired) electrons. The maximum atomic E-state index is 13.8. The van der Waals surface area contributed by atoms with Crippen LogP contribution in [0.2, 0.25) is 0 Å². The number of aromatic nitrogens is 2. The molecule has 0 unspecified atom stereocenters. The number of amidine groups is 1. The molecular weight excluding hydrogens is 600 g/mol. The van der Waals surface area contributed by atoms with Gasteiger partial charge >= 0.3 is 10.1 Å². The predicted octanol–water partition coefficient (Wildman–Crippen LogP) is 7.01. The zero-order valence-corrected chi connectivity index (χ0v) is 24.9. The molecule has 0 spiro atoms. The molecule has 1 aliphatic heterocycles. The zero-order chi connectivity index (χ0) is 31.5. The van der Waals surface area contributed by atoms with E-state index in [9.17, 15) is 13.2 Å². The number of amides is 1. The maximum absolute atomic E-state index is 13.8. The molecule has 0 N–H and O–H groups in total. The van der Waals surface area contributed by atoms with E-state index in [1.165, 1.54) is 24.3 Å². The van der Waals surface area contributed by atoms with Crippen molar-refractivity contribution >= 4 is 33.6 Å². The number of anilines is 1. The van der Waals surface area contributed by atoms with E-state index in [2.05, 4.69) is 10.2 Å². The van der Waals surface area contributed by atoms with E-state index in [-0.39, 0.29) is 22.2 Å². The first kappa shape index (κ1) is 28.6. The van der Waals surface area contributed by atoms with Crippen LogP contribution in [0, 0.1) is 0 Å². The van der Waals surface area contributed by atoms with Crippen LogP contribution in [0.1, 0.15) is 11.1 Å². The molecule has 9 nitrogen and oxygen atoms in total. The van der Waals surface area contributed by atoms with Crippen LogP contribution in [0.3, 0.4) is 0 Å². The second kappa shape index (κ2) is 12.1. The number of rotatable bonds is 8. The molecule has 1 amide bonds. The van der Waals surface area contributed by atoms with Gasteiger partial charge in [-0.05, 0) is 72.3 Å². The van der Waals surface area contributed by atoms with Crippen molar-refractivity contribution < 1.29 is 21.8 Å². The molecule has 1 aliphatic rings. The summed E-state index contributed by atoms with van der Waals surface area (Å²) in [5.41, 5.74) is 3.77. The summed E-state index contributed by atoms with van der Waals surface area (Å²) in [6.45, 7) is 0. The summed E-state index contributed by atoms with van der Waals surface area (Å²) in [6.07, 6.45) is 1.65. The third kappa shape index (κ3) is 5.84. The normalized spacial score (nSPS) is 14.0. The van der Waals surface area contributed by atoms with Crippen LogP contribution in [0.25, 0.3) is 29.0 Å². The Hall–Kier alpha value is -6.13. The van der Waals surface area contributed by atoms with E-state index in [4.69, 9.17) is 13.6 Å². The molecule has 0 aliphatic carbocycles. The van der Waals surface area contributed by atoms with Gasteiger partial charge < -0.3 is 8.60 Å². The van der Waals surface area contributed by atoms with Crippen molar-refractivity contribution in [2.24, 2.45) is 4.99 Å². The summed E-state index contributed by atoms with van der Waals surface area (Å²) in [7, 11) is -3.98. The van der Waals surface area contributed by atoms with Crippen LogP contribution in [-0.2, 0) is 14.9 Å². The summed E-state index contributed by atoms with van der Waals surface area (Å²) in [6, 6.07) is 40.5. The summed E-state index contributed by atoms with van der Waals surface area (Å²) in [5.74, 6) is 1.08. The van der Waals surface area contributed by atoms with Gasteiger partial charge in [0.2, 0.25) is 11.8 Å². The molecule has 0 fully saturated rings. The third-order valence-corrected chi connectivity index (χ3v) is 8.39. The smallest absolute Gasteiger partial charge is 0.339 e. The highest BCUT2D eigenvalue weighted by atomic mass is 32.2. The number of benzene rings is 5. The van der Waals surface area contributed by atoms with E-state index in [1.54, 1.807) is 53.4 Å². The molecule has 224 valence electrons. The molecule has 6 aromatic rings. The van der Waals surface area contributed by atoms with Crippen LogP contribution in [0.15, 0.2) is 160 Å². The second-order valence-corrected chi connectivity index (χ2v) is 11.8. The van der Waals surface area contributed by atoms with Gasteiger partial charge in [-0.1, -0.05) is 78.9 Å². The lowest BCUT2D eigenvalue weighted by molar-refractivity contribution is -0.113. The van der Waals surface area contributed by atoms with E-state index < -0.39 is 10.1 Å². The van der Waals surface area contributed by atoms with Gasteiger partial charge in [-0.15, -0.1) is 10.2 Å². The Balaban J connectivity index is 1.15. The van der Waals surface area contributed by atoms with Crippen LogP contribution >= 0.6 is 0 Å². The average molecular weight is 625 g/mol. The minimum Gasteiger partial charge on any atom is -0.416 e. The van der Waals surface area contributed by atoms with E-state index in [0.29, 0.717) is 34.4 Å². The van der Waals surface area contributed by atoms with Gasteiger partial charge in [0.1, 0.15) is 22.2 Å². The molecule has 0 bridgehead atoms. The van der Waals surface area contributed by atoms with Crippen molar-refractivity contribution in [3.8, 4) is 28.7 Å². The van der Waals surface area contributed by atoms with Crippen molar-refractivity contribution in [1.82, 2.24) is 10.2 Å². The van der Waals surface area contributed by atoms with Gasteiger partial charge in [-0.25, -0.2) is 4.99 Å². The largest absolute Gasteiger partial charge is 0.416 e. The lowest BCUT2D eigenvalue weighted by atomic mass is 10.1. The highest BCUT2D eigenvalue weighted by Crippen LogP contribution is 2.31. The lowest BCUT2D eigenvalue weighted by Gasteiger charge is -2.18. The summed E-state index contributed by atoms with van der Waals surface area (Å²) in [5, 5.41) is 8.36. The molecule has 46 heavy (non-hydrogen) atoms. The molecule has 2 heterocycles. The Labute approximate surface area is 264 Å². The molecule has 7 rings (SSSR count). The molecular formula is C36H24N4O5S.